The molecule has 0 aliphatic heterocycles. The number of nitrogens with two attached hydrogens (primary N) is 1. The molecule has 0 aromatic carbocycles. The zero-order valence-electron chi connectivity index (χ0n) is 9.52. The Labute approximate surface area is 97.0 Å². The van der Waals surface area contributed by atoms with Gasteiger partial charge in [0, 0.05) is 13.6 Å². The highest BCUT2D eigenvalue weighted by Crippen LogP contribution is 2.07. The van der Waals surface area contributed by atoms with Crippen LogP contribution in [0.4, 0.5) is 11.5 Å². The monoisotopic (exact) mass is 244 g/mol. The lowest BCUT2D eigenvalue weighted by Gasteiger charge is -2.10. The zero-order chi connectivity index (χ0) is 12.8. The second-order valence-corrected chi connectivity index (χ2v) is 3.34. The van der Waals surface area contributed by atoms with Gasteiger partial charge in [0.05, 0.1) is 19.8 Å². The number of nitrogens with zero attached hydrogens (tertiary/aromatic N) is 1. The van der Waals surface area contributed by atoms with Crippen molar-refractivity contribution in [1.82, 2.24) is 9.55 Å². The summed E-state index contributed by atoms with van der Waals surface area (Å²) in [6, 6.07) is 0. The third-order valence-electron chi connectivity index (χ3n) is 2.15. The lowest BCUT2D eigenvalue weighted by molar-refractivity contribution is 0.0992. The Bertz CT molecular complexity index is 479. The van der Waals surface area contributed by atoms with E-state index in [1.807, 2.05) is 0 Å². The van der Waals surface area contributed by atoms with Crippen LogP contribution in [0.2, 0.25) is 0 Å². The summed E-state index contributed by atoms with van der Waals surface area (Å²) in [6.07, 6.45) is 0. The Morgan fingerprint density at radius 3 is 2.82 bits per heavy atom. The molecule has 0 spiro atoms. The fraction of sp³-hybridized carbons (Fsp3) is 0.556. The molecule has 8 heteroatoms. The minimum absolute atomic E-state index is 0.0530. The average molecular weight is 244 g/mol. The summed E-state index contributed by atoms with van der Waals surface area (Å²) in [5.41, 5.74) is 4.64. The van der Waals surface area contributed by atoms with Crippen LogP contribution in [0, 0.1) is 0 Å². The van der Waals surface area contributed by atoms with E-state index >= 15 is 0 Å². The molecule has 96 valence electrons. The third-order valence-corrected chi connectivity index (χ3v) is 2.15. The number of nitrogens with one attached hydrogen (secondary N) is 2. The molecule has 1 aromatic heterocycles. The van der Waals surface area contributed by atoms with Crippen LogP contribution in [-0.4, -0.2) is 41.0 Å². The number of anilines is 2. The van der Waals surface area contributed by atoms with Gasteiger partial charge in [-0.25, -0.2) is 4.79 Å². The van der Waals surface area contributed by atoms with Crippen LogP contribution >= 0.6 is 0 Å². The minimum atomic E-state index is -0.562. The summed E-state index contributed by atoms with van der Waals surface area (Å²) < 4.78 is 6.14. The number of aliphatic hydroxyl groups is 1. The predicted octanol–water partition coefficient (Wildman–Crippen LogP) is -1.92. The Morgan fingerprint density at radius 1 is 1.47 bits per heavy atom. The Balaban J connectivity index is 2.69. The van der Waals surface area contributed by atoms with Gasteiger partial charge >= 0.3 is 5.69 Å². The summed E-state index contributed by atoms with van der Waals surface area (Å²) in [5, 5.41) is 11.3. The maximum absolute atomic E-state index is 11.4. The number of aromatic nitrogens is 2. The molecule has 0 amide bonds. The molecule has 0 radical (unpaired) electrons. The van der Waals surface area contributed by atoms with Crippen LogP contribution in [0.25, 0.3) is 0 Å². The van der Waals surface area contributed by atoms with Crippen LogP contribution in [0.1, 0.15) is 0 Å². The molecular weight excluding hydrogens is 228 g/mol. The first-order valence-electron chi connectivity index (χ1n) is 5.09. The number of nitrogen functional groups attached to an aromatic ring is 1. The van der Waals surface area contributed by atoms with Crippen molar-refractivity contribution in [3.63, 3.8) is 0 Å². The van der Waals surface area contributed by atoms with E-state index < -0.39 is 11.2 Å². The van der Waals surface area contributed by atoms with Crippen LogP contribution in [0.5, 0.6) is 0 Å². The van der Waals surface area contributed by atoms with E-state index in [1.54, 1.807) is 0 Å². The van der Waals surface area contributed by atoms with Gasteiger partial charge in [-0.05, 0) is 0 Å². The summed E-state index contributed by atoms with van der Waals surface area (Å²) in [7, 11) is 1.46. The number of aliphatic hydroxyl groups excluding tert-OH is 1. The first-order valence-corrected chi connectivity index (χ1v) is 5.09. The highest BCUT2D eigenvalue weighted by Gasteiger charge is 2.08. The van der Waals surface area contributed by atoms with Crippen molar-refractivity contribution in [3.8, 4) is 0 Å². The van der Waals surface area contributed by atoms with Crippen molar-refractivity contribution in [3.05, 3.63) is 20.8 Å². The number of ether oxygens (including phenoxy) is 1. The first-order chi connectivity index (χ1) is 8.07. The lowest BCUT2D eigenvalue weighted by Crippen LogP contribution is -2.33. The molecule has 0 saturated heterocycles. The van der Waals surface area contributed by atoms with Gasteiger partial charge < -0.3 is 20.9 Å². The maximum atomic E-state index is 11.4. The predicted molar refractivity (Wildman–Crippen MR) is 63.1 cm³/mol. The number of hydrogen-bond donors (Lipinski definition) is 4. The molecule has 0 saturated carbocycles. The molecule has 1 rings (SSSR count). The Morgan fingerprint density at radius 2 is 2.18 bits per heavy atom. The number of aromatic amines is 1. The van der Waals surface area contributed by atoms with Gasteiger partial charge in [-0.3, -0.25) is 14.3 Å². The van der Waals surface area contributed by atoms with Crippen molar-refractivity contribution in [1.29, 1.82) is 0 Å². The van der Waals surface area contributed by atoms with Gasteiger partial charge in [0.25, 0.3) is 5.56 Å². The maximum Gasteiger partial charge on any atom is 0.329 e. The molecule has 1 heterocycles. The second kappa shape index (κ2) is 6.06. The van der Waals surface area contributed by atoms with E-state index in [4.69, 9.17) is 15.6 Å². The van der Waals surface area contributed by atoms with Gasteiger partial charge in [0.1, 0.15) is 11.5 Å². The van der Waals surface area contributed by atoms with Crippen LogP contribution in [0.3, 0.4) is 0 Å². The topological polar surface area (TPSA) is 122 Å². The number of rotatable bonds is 6. The van der Waals surface area contributed by atoms with E-state index in [0.717, 1.165) is 4.57 Å². The zero-order valence-corrected chi connectivity index (χ0v) is 9.52. The Kier molecular flexibility index (Phi) is 4.73. The molecule has 5 N–H and O–H groups in total. The average Bonchev–Trinajstić information content (AvgIpc) is 2.30. The standard InChI is InChI=1S/C9H16N4O4/c1-13-7(10)6(8(15)12-9(13)16)11-2-4-17-5-3-14/h11,14H,2-5,10H2,1H3,(H,12,15,16). The molecule has 8 nitrogen and oxygen atoms in total. The van der Waals surface area contributed by atoms with Crippen molar-refractivity contribution in [2.75, 3.05) is 37.4 Å². The quantitative estimate of drug-likeness (QED) is 0.432. The van der Waals surface area contributed by atoms with E-state index in [2.05, 4.69) is 10.3 Å². The van der Waals surface area contributed by atoms with Gasteiger partial charge in [0.2, 0.25) is 0 Å². The van der Waals surface area contributed by atoms with Crippen molar-refractivity contribution in [2.24, 2.45) is 7.05 Å². The third kappa shape index (κ3) is 3.33. The summed E-state index contributed by atoms with van der Waals surface area (Å²) in [4.78, 5) is 24.7. The lowest BCUT2D eigenvalue weighted by atomic mass is 10.4. The molecular formula is C9H16N4O4. The van der Waals surface area contributed by atoms with E-state index in [0.29, 0.717) is 13.2 Å². The van der Waals surface area contributed by atoms with E-state index in [-0.39, 0.29) is 24.7 Å². The Hall–Kier alpha value is -1.80. The molecule has 0 aliphatic carbocycles. The summed E-state index contributed by atoms with van der Waals surface area (Å²) in [5.74, 6) is 0.0703. The summed E-state index contributed by atoms with van der Waals surface area (Å²) >= 11 is 0. The van der Waals surface area contributed by atoms with Crippen molar-refractivity contribution >= 4 is 11.5 Å². The fourth-order valence-corrected chi connectivity index (χ4v) is 1.22. The van der Waals surface area contributed by atoms with Gasteiger partial charge in [-0.2, -0.15) is 0 Å². The minimum Gasteiger partial charge on any atom is -0.394 e. The van der Waals surface area contributed by atoms with E-state index in [9.17, 15) is 9.59 Å². The molecule has 0 fully saturated rings. The van der Waals surface area contributed by atoms with Crippen LogP contribution in [-0.2, 0) is 11.8 Å². The molecule has 17 heavy (non-hydrogen) atoms. The SMILES string of the molecule is Cn1c(N)c(NCCOCCO)c(=O)[nH]c1=O. The smallest absolute Gasteiger partial charge is 0.329 e. The first kappa shape index (κ1) is 13.3. The van der Waals surface area contributed by atoms with Crippen LogP contribution < -0.4 is 22.3 Å². The number of H-pyrrole nitrogens is 1. The van der Waals surface area contributed by atoms with Crippen LogP contribution in [0.15, 0.2) is 9.59 Å². The molecule has 0 aliphatic rings. The van der Waals surface area contributed by atoms with Gasteiger partial charge in [-0.1, -0.05) is 0 Å². The molecule has 0 bridgehead atoms. The fourth-order valence-electron chi connectivity index (χ4n) is 1.22. The van der Waals surface area contributed by atoms with E-state index in [1.165, 1.54) is 7.05 Å². The molecule has 0 unspecified atom stereocenters. The molecule has 0 atom stereocenters. The normalized spacial score (nSPS) is 10.5. The highest BCUT2D eigenvalue weighted by atomic mass is 16.5. The highest BCUT2D eigenvalue weighted by molar-refractivity contribution is 5.60. The number of hydrogen-bond acceptors (Lipinski definition) is 6. The second-order valence-electron chi connectivity index (χ2n) is 3.34. The molecule has 1 aromatic rings. The largest absolute Gasteiger partial charge is 0.394 e. The summed E-state index contributed by atoms with van der Waals surface area (Å²) in [6.45, 7) is 0.858. The van der Waals surface area contributed by atoms with Crippen molar-refractivity contribution in [2.45, 2.75) is 0 Å². The van der Waals surface area contributed by atoms with Gasteiger partial charge in [-0.15, -0.1) is 0 Å². The van der Waals surface area contributed by atoms with Gasteiger partial charge in [0.15, 0.2) is 0 Å². The van der Waals surface area contributed by atoms with Crippen molar-refractivity contribution < 1.29 is 9.84 Å².